The molecule has 1 saturated heterocycles. The SMILES string of the molecule is CC1CCCN(C(=O)Nc2nc3c(s2)CCC3)C1. The Morgan fingerprint density at radius 3 is 3.11 bits per heavy atom. The summed E-state index contributed by atoms with van der Waals surface area (Å²) in [7, 11) is 0. The van der Waals surface area contributed by atoms with Crippen LogP contribution in [0.5, 0.6) is 0 Å². The fraction of sp³-hybridized carbons (Fsp3) is 0.692. The van der Waals surface area contributed by atoms with Crippen LogP contribution in [-0.2, 0) is 12.8 Å². The Hall–Kier alpha value is -1.10. The van der Waals surface area contributed by atoms with E-state index in [1.165, 1.54) is 23.4 Å². The number of urea groups is 1. The molecule has 1 unspecified atom stereocenters. The molecule has 0 saturated carbocycles. The number of carbonyl (C=O) groups is 1. The molecule has 1 aromatic heterocycles. The second-order valence-corrected chi connectivity index (χ2v) is 6.45. The molecular weight excluding hydrogens is 246 g/mol. The number of anilines is 1. The van der Waals surface area contributed by atoms with E-state index in [0.29, 0.717) is 5.92 Å². The number of likely N-dealkylation sites (tertiary alicyclic amines) is 1. The summed E-state index contributed by atoms with van der Waals surface area (Å²) in [6, 6.07) is 0.0222. The average Bonchev–Trinajstić information content (AvgIpc) is 2.89. The number of carbonyl (C=O) groups excluding carboxylic acids is 1. The number of rotatable bonds is 1. The Morgan fingerprint density at radius 2 is 2.33 bits per heavy atom. The summed E-state index contributed by atoms with van der Waals surface area (Å²) < 4.78 is 0. The van der Waals surface area contributed by atoms with Crippen LogP contribution in [0.3, 0.4) is 0 Å². The summed E-state index contributed by atoms with van der Waals surface area (Å²) in [6.45, 7) is 3.95. The highest BCUT2D eigenvalue weighted by atomic mass is 32.1. The highest BCUT2D eigenvalue weighted by Crippen LogP contribution is 2.30. The first kappa shape index (κ1) is 12.0. The van der Waals surface area contributed by atoms with Crippen LogP contribution in [-0.4, -0.2) is 29.0 Å². The number of amides is 2. The molecule has 1 N–H and O–H groups in total. The smallest absolute Gasteiger partial charge is 0.323 e. The highest BCUT2D eigenvalue weighted by molar-refractivity contribution is 7.15. The minimum atomic E-state index is 0.0222. The maximum absolute atomic E-state index is 12.1. The number of nitrogens with one attached hydrogen (secondary N) is 1. The first-order valence-corrected chi connectivity index (χ1v) is 7.58. The largest absolute Gasteiger partial charge is 0.324 e. The molecule has 1 atom stereocenters. The summed E-state index contributed by atoms with van der Waals surface area (Å²) in [6.07, 6.45) is 5.76. The van der Waals surface area contributed by atoms with Crippen molar-refractivity contribution in [3.05, 3.63) is 10.6 Å². The van der Waals surface area contributed by atoms with E-state index in [1.807, 2.05) is 4.90 Å². The molecule has 1 aliphatic carbocycles. The van der Waals surface area contributed by atoms with E-state index in [4.69, 9.17) is 0 Å². The molecule has 0 bridgehead atoms. The van der Waals surface area contributed by atoms with Crippen molar-refractivity contribution in [2.24, 2.45) is 5.92 Å². The maximum atomic E-state index is 12.1. The Morgan fingerprint density at radius 1 is 1.44 bits per heavy atom. The fourth-order valence-corrected chi connectivity index (χ4v) is 3.83. The summed E-state index contributed by atoms with van der Waals surface area (Å²) in [5, 5.41) is 3.74. The van der Waals surface area contributed by atoms with Gasteiger partial charge in [-0.05, 0) is 38.0 Å². The normalized spacial score (nSPS) is 22.9. The first-order chi connectivity index (χ1) is 8.72. The van der Waals surface area contributed by atoms with Crippen LogP contribution in [0.25, 0.3) is 0 Å². The van der Waals surface area contributed by atoms with E-state index in [1.54, 1.807) is 11.3 Å². The van der Waals surface area contributed by atoms with Gasteiger partial charge in [0.1, 0.15) is 0 Å². The minimum absolute atomic E-state index is 0.0222. The molecule has 2 heterocycles. The lowest BCUT2D eigenvalue weighted by Crippen LogP contribution is -2.41. The molecule has 1 aromatic rings. The Kier molecular flexibility index (Phi) is 3.24. The van der Waals surface area contributed by atoms with Gasteiger partial charge < -0.3 is 4.90 Å². The summed E-state index contributed by atoms with van der Waals surface area (Å²) >= 11 is 1.65. The van der Waals surface area contributed by atoms with Crippen LogP contribution in [0, 0.1) is 5.92 Å². The number of thiazole rings is 1. The third kappa shape index (κ3) is 2.36. The number of piperidine rings is 1. The van der Waals surface area contributed by atoms with E-state index in [2.05, 4.69) is 17.2 Å². The predicted octanol–water partition coefficient (Wildman–Crippen LogP) is 2.90. The van der Waals surface area contributed by atoms with Crippen molar-refractivity contribution in [2.45, 2.75) is 39.0 Å². The molecule has 0 aromatic carbocycles. The van der Waals surface area contributed by atoms with Crippen molar-refractivity contribution in [2.75, 3.05) is 18.4 Å². The van der Waals surface area contributed by atoms with Gasteiger partial charge in [0, 0.05) is 18.0 Å². The molecule has 1 aliphatic heterocycles. The lowest BCUT2D eigenvalue weighted by atomic mass is 10.0. The Labute approximate surface area is 111 Å². The quantitative estimate of drug-likeness (QED) is 0.848. The number of nitrogens with zero attached hydrogens (tertiary/aromatic N) is 2. The van der Waals surface area contributed by atoms with E-state index in [0.717, 1.165) is 37.5 Å². The Balaban J connectivity index is 1.63. The van der Waals surface area contributed by atoms with Crippen molar-refractivity contribution in [1.29, 1.82) is 0 Å². The van der Waals surface area contributed by atoms with Crippen molar-refractivity contribution < 1.29 is 4.79 Å². The van der Waals surface area contributed by atoms with Gasteiger partial charge in [0.25, 0.3) is 0 Å². The topological polar surface area (TPSA) is 45.2 Å². The average molecular weight is 265 g/mol. The predicted molar refractivity (Wildman–Crippen MR) is 73.1 cm³/mol. The molecule has 0 spiro atoms. The van der Waals surface area contributed by atoms with Crippen LogP contribution in [0.1, 0.15) is 36.8 Å². The van der Waals surface area contributed by atoms with Crippen molar-refractivity contribution in [3.8, 4) is 0 Å². The molecule has 4 nitrogen and oxygen atoms in total. The summed E-state index contributed by atoms with van der Waals surface area (Å²) in [4.78, 5) is 19.9. The Bertz CT molecular complexity index is 436. The lowest BCUT2D eigenvalue weighted by Gasteiger charge is -2.30. The van der Waals surface area contributed by atoms with Gasteiger partial charge in [0.05, 0.1) is 5.69 Å². The molecule has 3 rings (SSSR count). The number of aryl methyl sites for hydroxylation is 2. The standard InChI is InChI=1S/C13H19N3OS/c1-9-4-3-7-16(8-9)13(17)15-12-14-10-5-2-6-11(10)18-12/h9H,2-8H2,1H3,(H,14,15,17). The number of fused-ring (bicyclic) bond motifs is 1. The van der Waals surface area contributed by atoms with Crippen molar-refractivity contribution in [1.82, 2.24) is 9.88 Å². The molecule has 0 radical (unpaired) electrons. The number of aromatic nitrogens is 1. The number of hydrogen-bond donors (Lipinski definition) is 1. The van der Waals surface area contributed by atoms with Gasteiger partial charge >= 0.3 is 6.03 Å². The van der Waals surface area contributed by atoms with Crippen LogP contribution in [0.2, 0.25) is 0 Å². The molecule has 2 amide bonds. The van der Waals surface area contributed by atoms with Crippen LogP contribution < -0.4 is 5.32 Å². The number of hydrogen-bond acceptors (Lipinski definition) is 3. The minimum Gasteiger partial charge on any atom is -0.324 e. The van der Waals surface area contributed by atoms with Gasteiger partial charge in [-0.1, -0.05) is 6.92 Å². The van der Waals surface area contributed by atoms with Gasteiger partial charge in [0.15, 0.2) is 5.13 Å². The van der Waals surface area contributed by atoms with Gasteiger partial charge in [-0.15, -0.1) is 11.3 Å². The highest BCUT2D eigenvalue weighted by Gasteiger charge is 2.23. The summed E-state index contributed by atoms with van der Waals surface area (Å²) in [5.41, 5.74) is 1.20. The van der Waals surface area contributed by atoms with Crippen LogP contribution in [0.4, 0.5) is 9.93 Å². The van der Waals surface area contributed by atoms with E-state index in [9.17, 15) is 4.79 Å². The third-order valence-corrected chi connectivity index (χ3v) is 4.83. The van der Waals surface area contributed by atoms with Crippen molar-refractivity contribution in [3.63, 3.8) is 0 Å². The zero-order valence-electron chi connectivity index (χ0n) is 10.7. The molecule has 2 aliphatic rings. The van der Waals surface area contributed by atoms with Crippen molar-refractivity contribution >= 4 is 22.5 Å². The van der Waals surface area contributed by atoms with E-state index < -0.39 is 0 Å². The molecule has 18 heavy (non-hydrogen) atoms. The second kappa shape index (κ2) is 4.88. The zero-order chi connectivity index (χ0) is 12.5. The van der Waals surface area contributed by atoms with Gasteiger partial charge in [-0.3, -0.25) is 5.32 Å². The fourth-order valence-electron chi connectivity index (χ4n) is 2.79. The molecule has 98 valence electrons. The van der Waals surface area contributed by atoms with Gasteiger partial charge in [-0.25, -0.2) is 9.78 Å². The zero-order valence-corrected chi connectivity index (χ0v) is 11.6. The summed E-state index contributed by atoms with van der Waals surface area (Å²) in [5.74, 6) is 0.616. The third-order valence-electron chi connectivity index (χ3n) is 3.75. The van der Waals surface area contributed by atoms with E-state index in [-0.39, 0.29) is 6.03 Å². The maximum Gasteiger partial charge on any atom is 0.323 e. The van der Waals surface area contributed by atoms with E-state index >= 15 is 0 Å². The van der Waals surface area contributed by atoms with Crippen LogP contribution in [0.15, 0.2) is 0 Å². The van der Waals surface area contributed by atoms with Crippen LogP contribution >= 0.6 is 11.3 Å². The molecule has 5 heteroatoms. The van der Waals surface area contributed by atoms with Gasteiger partial charge in [-0.2, -0.15) is 0 Å². The lowest BCUT2D eigenvalue weighted by molar-refractivity contribution is 0.182. The van der Waals surface area contributed by atoms with Gasteiger partial charge in [0.2, 0.25) is 0 Å². The first-order valence-electron chi connectivity index (χ1n) is 6.77. The monoisotopic (exact) mass is 265 g/mol. The molecule has 1 fully saturated rings. The molecular formula is C13H19N3OS. The second-order valence-electron chi connectivity index (χ2n) is 5.37.